The Morgan fingerprint density at radius 2 is 2.10 bits per heavy atom. The van der Waals surface area contributed by atoms with E-state index >= 15 is 0 Å². The molecule has 0 aliphatic carbocycles. The van der Waals surface area contributed by atoms with Crippen LogP contribution in [0.4, 0.5) is 5.95 Å². The SMILES string of the molecule is Cc1ccc(Cc2nc(N3CCC(C)C(N)C3)n[nH]2)cc1. The molecule has 3 N–H and O–H groups in total. The number of piperidine rings is 1. The van der Waals surface area contributed by atoms with Gasteiger partial charge in [0.15, 0.2) is 0 Å². The molecule has 2 aromatic rings. The largest absolute Gasteiger partial charge is 0.338 e. The summed E-state index contributed by atoms with van der Waals surface area (Å²) in [5.41, 5.74) is 8.66. The quantitative estimate of drug-likeness (QED) is 0.903. The van der Waals surface area contributed by atoms with E-state index in [1.165, 1.54) is 11.1 Å². The maximum absolute atomic E-state index is 6.14. The number of aromatic nitrogens is 3. The molecule has 3 rings (SSSR count). The molecule has 0 spiro atoms. The molecule has 2 unspecified atom stereocenters. The minimum absolute atomic E-state index is 0.206. The van der Waals surface area contributed by atoms with Crippen LogP contribution in [0.15, 0.2) is 24.3 Å². The van der Waals surface area contributed by atoms with Gasteiger partial charge in [-0.05, 0) is 24.8 Å². The van der Waals surface area contributed by atoms with Gasteiger partial charge < -0.3 is 10.6 Å². The van der Waals surface area contributed by atoms with Crippen LogP contribution in [0.5, 0.6) is 0 Å². The molecule has 5 nitrogen and oxygen atoms in total. The van der Waals surface area contributed by atoms with Crippen molar-refractivity contribution in [2.75, 3.05) is 18.0 Å². The molecule has 5 heteroatoms. The van der Waals surface area contributed by atoms with E-state index in [0.717, 1.165) is 37.7 Å². The average molecular weight is 285 g/mol. The number of hydrogen-bond acceptors (Lipinski definition) is 4. The van der Waals surface area contributed by atoms with Gasteiger partial charge in [0.2, 0.25) is 5.95 Å². The molecule has 1 saturated heterocycles. The number of nitrogens with one attached hydrogen (secondary N) is 1. The average Bonchev–Trinajstić information content (AvgIpc) is 2.93. The molecule has 0 bridgehead atoms. The standard InChI is InChI=1S/C16H23N5/c1-11-3-5-13(6-4-11)9-15-18-16(20-19-15)21-8-7-12(2)14(17)10-21/h3-6,12,14H,7-10,17H2,1-2H3,(H,18,19,20). The van der Waals surface area contributed by atoms with Gasteiger partial charge in [-0.15, -0.1) is 5.10 Å². The summed E-state index contributed by atoms with van der Waals surface area (Å²) in [4.78, 5) is 6.80. The summed E-state index contributed by atoms with van der Waals surface area (Å²) in [5.74, 6) is 2.26. The Kier molecular flexibility index (Phi) is 3.92. The van der Waals surface area contributed by atoms with Gasteiger partial charge in [0.1, 0.15) is 5.82 Å². The van der Waals surface area contributed by atoms with Crippen molar-refractivity contribution in [2.45, 2.75) is 32.7 Å². The molecule has 2 atom stereocenters. The summed E-state index contributed by atoms with van der Waals surface area (Å²) in [6, 6.07) is 8.72. The zero-order valence-electron chi connectivity index (χ0n) is 12.7. The van der Waals surface area contributed by atoms with Crippen LogP contribution in [0.25, 0.3) is 0 Å². The highest BCUT2D eigenvalue weighted by molar-refractivity contribution is 5.32. The first kappa shape index (κ1) is 14.1. The Morgan fingerprint density at radius 3 is 2.81 bits per heavy atom. The second-order valence-corrected chi connectivity index (χ2v) is 6.12. The van der Waals surface area contributed by atoms with Crippen molar-refractivity contribution >= 4 is 5.95 Å². The van der Waals surface area contributed by atoms with E-state index in [4.69, 9.17) is 5.73 Å². The first-order chi connectivity index (χ1) is 10.1. The molecule has 1 fully saturated rings. The highest BCUT2D eigenvalue weighted by Gasteiger charge is 2.25. The van der Waals surface area contributed by atoms with Crippen molar-refractivity contribution in [1.29, 1.82) is 0 Å². The lowest BCUT2D eigenvalue weighted by Crippen LogP contribution is -2.48. The third kappa shape index (κ3) is 3.24. The van der Waals surface area contributed by atoms with E-state index in [0.29, 0.717) is 5.92 Å². The predicted octanol–water partition coefficient (Wildman–Crippen LogP) is 1.88. The maximum Gasteiger partial charge on any atom is 0.244 e. The van der Waals surface area contributed by atoms with Crippen LogP contribution in [0.2, 0.25) is 0 Å². The number of benzene rings is 1. The van der Waals surface area contributed by atoms with Gasteiger partial charge >= 0.3 is 0 Å². The Morgan fingerprint density at radius 1 is 1.33 bits per heavy atom. The van der Waals surface area contributed by atoms with Gasteiger partial charge in [-0.1, -0.05) is 36.8 Å². The van der Waals surface area contributed by atoms with E-state index in [2.05, 4.69) is 58.2 Å². The van der Waals surface area contributed by atoms with E-state index < -0.39 is 0 Å². The number of rotatable bonds is 3. The fourth-order valence-electron chi connectivity index (χ4n) is 2.69. The highest BCUT2D eigenvalue weighted by atomic mass is 15.4. The summed E-state index contributed by atoms with van der Waals surface area (Å²) < 4.78 is 0. The first-order valence-corrected chi connectivity index (χ1v) is 7.59. The van der Waals surface area contributed by atoms with Gasteiger partial charge in [-0.25, -0.2) is 0 Å². The van der Waals surface area contributed by atoms with Gasteiger partial charge in [-0.3, -0.25) is 5.10 Å². The first-order valence-electron chi connectivity index (χ1n) is 7.59. The van der Waals surface area contributed by atoms with Crippen LogP contribution in [0.3, 0.4) is 0 Å². The number of nitrogens with two attached hydrogens (primary N) is 1. The molecule has 1 aromatic carbocycles. The number of H-pyrrole nitrogens is 1. The number of nitrogens with zero attached hydrogens (tertiary/aromatic N) is 3. The van der Waals surface area contributed by atoms with Gasteiger partial charge in [0.05, 0.1) is 0 Å². The molecular formula is C16H23N5. The Hall–Kier alpha value is -1.88. The van der Waals surface area contributed by atoms with Crippen molar-refractivity contribution in [1.82, 2.24) is 15.2 Å². The predicted molar refractivity (Wildman–Crippen MR) is 84.3 cm³/mol. The van der Waals surface area contributed by atoms with Crippen molar-refractivity contribution in [3.8, 4) is 0 Å². The minimum Gasteiger partial charge on any atom is -0.338 e. The van der Waals surface area contributed by atoms with Crippen molar-refractivity contribution in [3.05, 3.63) is 41.2 Å². The molecule has 1 aliphatic rings. The van der Waals surface area contributed by atoms with E-state index in [1.54, 1.807) is 0 Å². The topological polar surface area (TPSA) is 70.8 Å². The van der Waals surface area contributed by atoms with Crippen LogP contribution in [-0.2, 0) is 6.42 Å². The lowest BCUT2D eigenvalue weighted by atomic mass is 9.95. The number of anilines is 1. The van der Waals surface area contributed by atoms with Crippen LogP contribution in [-0.4, -0.2) is 34.3 Å². The van der Waals surface area contributed by atoms with E-state index in [1.807, 2.05) is 0 Å². The number of hydrogen-bond donors (Lipinski definition) is 2. The van der Waals surface area contributed by atoms with Crippen molar-refractivity contribution in [2.24, 2.45) is 11.7 Å². The second-order valence-electron chi connectivity index (χ2n) is 6.12. The van der Waals surface area contributed by atoms with Gasteiger partial charge in [0, 0.05) is 25.6 Å². The van der Waals surface area contributed by atoms with Crippen LogP contribution in [0, 0.1) is 12.8 Å². The second kappa shape index (κ2) is 5.85. The van der Waals surface area contributed by atoms with Crippen LogP contribution >= 0.6 is 0 Å². The lowest BCUT2D eigenvalue weighted by Gasteiger charge is -2.34. The summed E-state index contributed by atoms with van der Waals surface area (Å²) in [7, 11) is 0. The lowest BCUT2D eigenvalue weighted by molar-refractivity contribution is 0.376. The Bertz CT molecular complexity index is 589. The van der Waals surface area contributed by atoms with Gasteiger partial charge in [0.25, 0.3) is 0 Å². The zero-order chi connectivity index (χ0) is 14.8. The molecule has 21 heavy (non-hydrogen) atoms. The fraction of sp³-hybridized carbons (Fsp3) is 0.500. The highest BCUT2D eigenvalue weighted by Crippen LogP contribution is 2.19. The van der Waals surface area contributed by atoms with Gasteiger partial charge in [-0.2, -0.15) is 4.98 Å². The van der Waals surface area contributed by atoms with Crippen LogP contribution in [0.1, 0.15) is 30.3 Å². The molecule has 1 aromatic heterocycles. The Labute approximate surface area is 125 Å². The minimum atomic E-state index is 0.206. The van der Waals surface area contributed by atoms with Crippen molar-refractivity contribution in [3.63, 3.8) is 0 Å². The molecule has 1 aliphatic heterocycles. The third-order valence-corrected chi connectivity index (χ3v) is 4.31. The molecule has 0 radical (unpaired) electrons. The van der Waals surface area contributed by atoms with E-state index in [-0.39, 0.29) is 6.04 Å². The number of aromatic amines is 1. The monoisotopic (exact) mass is 285 g/mol. The number of aryl methyl sites for hydroxylation is 1. The van der Waals surface area contributed by atoms with Crippen LogP contribution < -0.4 is 10.6 Å². The third-order valence-electron chi connectivity index (χ3n) is 4.31. The Balaban J connectivity index is 1.67. The smallest absolute Gasteiger partial charge is 0.244 e. The van der Waals surface area contributed by atoms with Crippen molar-refractivity contribution < 1.29 is 0 Å². The normalized spacial score (nSPS) is 22.5. The summed E-state index contributed by atoms with van der Waals surface area (Å²) in [6.45, 7) is 6.12. The summed E-state index contributed by atoms with van der Waals surface area (Å²) in [6.07, 6.45) is 1.88. The fourth-order valence-corrected chi connectivity index (χ4v) is 2.69. The summed E-state index contributed by atoms with van der Waals surface area (Å²) in [5, 5.41) is 7.40. The molecule has 0 amide bonds. The molecule has 2 heterocycles. The summed E-state index contributed by atoms with van der Waals surface area (Å²) >= 11 is 0. The molecular weight excluding hydrogens is 262 g/mol. The molecule has 112 valence electrons. The van der Waals surface area contributed by atoms with E-state index in [9.17, 15) is 0 Å². The molecule has 0 saturated carbocycles. The zero-order valence-corrected chi connectivity index (χ0v) is 12.7. The maximum atomic E-state index is 6.14.